The van der Waals surface area contributed by atoms with E-state index in [4.69, 9.17) is 14.7 Å². The monoisotopic (exact) mass is 402 g/mol. The molecule has 4 rings (SSSR count). The molecule has 1 N–H and O–H groups in total. The highest BCUT2D eigenvalue weighted by atomic mass is 16.5. The minimum Gasteiger partial charge on any atom is -0.462 e. The highest BCUT2D eigenvalue weighted by Crippen LogP contribution is 2.33. The first kappa shape index (κ1) is 19.6. The van der Waals surface area contributed by atoms with Crippen LogP contribution in [0.2, 0.25) is 0 Å². The molecule has 0 radical (unpaired) electrons. The van der Waals surface area contributed by atoms with Crippen LogP contribution in [0.3, 0.4) is 0 Å². The smallest absolute Gasteiger partial charge is 0.344 e. The molecule has 2 aromatic carbocycles. The molecule has 4 aromatic rings. The summed E-state index contributed by atoms with van der Waals surface area (Å²) in [5.41, 5.74) is 4.27. The lowest BCUT2D eigenvalue weighted by atomic mass is 10.2. The zero-order valence-electron chi connectivity index (χ0n) is 17.1. The van der Waals surface area contributed by atoms with Crippen LogP contribution < -0.4 is 5.32 Å². The molecular formula is C23H22N4O3. The zero-order chi connectivity index (χ0) is 21.3. The second kappa shape index (κ2) is 7.94. The fraction of sp³-hybridized carbons (Fsp3) is 0.217. The van der Waals surface area contributed by atoms with Crippen LogP contribution in [-0.2, 0) is 9.53 Å². The van der Waals surface area contributed by atoms with Gasteiger partial charge in [-0.3, -0.25) is 9.36 Å². The number of rotatable bonds is 5. The third-order valence-electron chi connectivity index (χ3n) is 4.81. The summed E-state index contributed by atoms with van der Waals surface area (Å²) < 4.78 is 7.06. The third-order valence-corrected chi connectivity index (χ3v) is 4.81. The van der Waals surface area contributed by atoms with Crippen molar-refractivity contribution < 1.29 is 14.3 Å². The van der Waals surface area contributed by atoms with E-state index in [1.807, 2.05) is 55.5 Å². The molecule has 152 valence electrons. The number of carbonyl (C=O) groups excluding carboxylic acids is 2. The van der Waals surface area contributed by atoms with Gasteiger partial charge in [-0.1, -0.05) is 36.8 Å². The first-order valence-electron chi connectivity index (χ1n) is 9.88. The van der Waals surface area contributed by atoms with Gasteiger partial charge in [0.15, 0.2) is 5.65 Å². The molecule has 7 heteroatoms. The minimum absolute atomic E-state index is 0.201. The Morgan fingerprint density at radius 1 is 1.00 bits per heavy atom. The van der Waals surface area contributed by atoms with Gasteiger partial charge in [-0.25, -0.2) is 14.8 Å². The van der Waals surface area contributed by atoms with Gasteiger partial charge in [0.25, 0.3) is 0 Å². The number of hydrogen-bond donors (Lipinski definition) is 1. The third kappa shape index (κ3) is 3.39. The van der Waals surface area contributed by atoms with E-state index in [1.54, 1.807) is 18.4 Å². The molecule has 0 saturated heterocycles. The Morgan fingerprint density at radius 2 is 1.67 bits per heavy atom. The van der Waals surface area contributed by atoms with E-state index in [2.05, 4.69) is 5.32 Å². The number of amides is 1. The second-order valence-electron chi connectivity index (χ2n) is 6.90. The first-order valence-corrected chi connectivity index (χ1v) is 9.88. The van der Waals surface area contributed by atoms with Crippen molar-refractivity contribution in [1.82, 2.24) is 14.5 Å². The lowest BCUT2D eigenvalue weighted by molar-refractivity contribution is -0.115. The molecule has 0 aliphatic heterocycles. The van der Waals surface area contributed by atoms with Crippen LogP contribution in [0.4, 0.5) is 5.82 Å². The van der Waals surface area contributed by atoms with Crippen molar-refractivity contribution in [3.8, 4) is 5.69 Å². The second-order valence-corrected chi connectivity index (χ2v) is 6.90. The predicted octanol–water partition coefficient (Wildman–Crippen LogP) is 4.41. The van der Waals surface area contributed by atoms with E-state index < -0.39 is 5.97 Å². The van der Waals surface area contributed by atoms with Gasteiger partial charge in [-0.05, 0) is 38.1 Å². The summed E-state index contributed by atoms with van der Waals surface area (Å²) in [6.45, 7) is 5.69. The number of nitrogens with one attached hydrogen (secondary N) is 1. The first-order chi connectivity index (χ1) is 14.5. The number of anilines is 1. The number of benzene rings is 2. The Kier molecular flexibility index (Phi) is 5.18. The van der Waals surface area contributed by atoms with E-state index in [1.165, 1.54) is 0 Å². The molecule has 2 aromatic heterocycles. The zero-order valence-corrected chi connectivity index (χ0v) is 17.1. The average Bonchev–Trinajstić information content (AvgIpc) is 3.05. The van der Waals surface area contributed by atoms with Crippen molar-refractivity contribution in [3.05, 3.63) is 59.7 Å². The van der Waals surface area contributed by atoms with E-state index in [-0.39, 0.29) is 24.5 Å². The largest absolute Gasteiger partial charge is 0.462 e. The lowest BCUT2D eigenvalue weighted by Crippen LogP contribution is -2.16. The molecule has 0 saturated carbocycles. The summed E-state index contributed by atoms with van der Waals surface area (Å²) in [7, 11) is 0. The van der Waals surface area contributed by atoms with Gasteiger partial charge in [0, 0.05) is 12.1 Å². The minimum atomic E-state index is -0.552. The molecule has 1 amide bonds. The van der Waals surface area contributed by atoms with E-state index >= 15 is 0 Å². The van der Waals surface area contributed by atoms with Crippen molar-refractivity contribution in [2.24, 2.45) is 0 Å². The number of hydrogen-bond acceptors (Lipinski definition) is 5. The fourth-order valence-electron chi connectivity index (χ4n) is 3.32. The van der Waals surface area contributed by atoms with Crippen molar-refractivity contribution in [2.75, 3.05) is 11.9 Å². The molecule has 0 bridgehead atoms. The molecule has 0 fully saturated rings. The highest BCUT2D eigenvalue weighted by molar-refractivity contribution is 6.11. The number of para-hydroxylation sites is 2. The number of aromatic nitrogens is 3. The Hall–Kier alpha value is -3.74. The van der Waals surface area contributed by atoms with Gasteiger partial charge in [0.1, 0.15) is 16.9 Å². The van der Waals surface area contributed by atoms with E-state index in [0.29, 0.717) is 28.0 Å². The number of fused-ring (bicyclic) bond motifs is 2. The summed E-state index contributed by atoms with van der Waals surface area (Å²) in [5, 5.41) is 2.87. The molecule has 30 heavy (non-hydrogen) atoms. The van der Waals surface area contributed by atoms with Crippen molar-refractivity contribution >= 4 is 39.9 Å². The topological polar surface area (TPSA) is 86.1 Å². The molecule has 7 nitrogen and oxygen atoms in total. The highest BCUT2D eigenvalue weighted by Gasteiger charge is 2.28. The van der Waals surface area contributed by atoms with Crippen LogP contribution in [0.15, 0.2) is 48.5 Å². The van der Waals surface area contributed by atoms with Crippen LogP contribution in [0.25, 0.3) is 27.9 Å². The Labute approximate surface area is 173 Å². The van der Waals surface area contributed by atoms with Gasteiger partial charge in [-0.15, -0.1) is 0 Å². The number of esters is 1. The van der Waals surface area contributed by atoms with Crippen molar-refractivity contribution in [1.29, 1.82) is 0 Å². The quantitative estimate of drug-likeness (QED) is 0.500. The maximum atomic E-state index is 12.9. The molecule has 2 heterocycles. The Bertz CT molecular complexity index is 1260. The van der Waals surface area contributed by atoms with Gasteiger partial charge in [0.05, 0.1) is 17.6 Å². The van der Waals surface area contributed by atoms with Crippen LogP contribution in [-0.4, -0.2) is 33.0 Å². The Morgan fingerprint density at radius 3 is 2.30 bits per heavy atom. The fourth-order valence-corrected chi connectivity index (χ4v) is 3.32. The average molecular weight is 402 g/mol. The molecular weight excluding hydrogens is 380 g/mol. The molecule has 0 atom stereocenters. The normalized spacial score (nSPS) is 11.0. The van der Waals surface area contributed by atoms with Crippen molar-refractivity contribution in [3.63, 3.8) is 0 Å². The van der Waals surface area contributed by atoms with Crippen LogP contribution in [0, 0.1) is 6.92 Å². The summed E-state index contributed by atoms with van der Waals surface area (Å²) in [4.78, 5) is 34.8. The molecule has 0 spiro atoms. The SMILES string of the molecule is CCOC(=O)c1c(NC(=O)CC)n(-c2ccc(C)cc2)c2nc3ccccc3nc12. The van der Waals surface area contributed by atoms with Gasteiger partial charge >= 0.3 is 5.97 Å². The summed E-state index contributed by atoms with van der Waals surface area (Å²) in [5.74, 6) is -0.458. The van der Waals surface area contributed by atoms with Crippen LogP contribution in [0.5, 0.6) is 0 Å². The Balaban J connectivity index is 2.12. The predicted molar refractivity (Wildman–Crippen MR) is 116 cm³/mol. The summed E-state index contributed by atoms with van der Waals surface area (Å²) in [6.07, 6.45) is 0.264. The standard InChI is InChI=1S/C23H22N4O3/c1-4-18(28)26-21-19(23(29)30-5-2)20-22(25-17-9-7-6-8-16(17)24-20)27(21)15-12-10-14(3)11-13-15/h6-13H,4-5H2,1-3H3,(H,26,28). The number of ether oxygens (including phenoxy) is 1. The number of nitrogens with zero attached hydrogens (tertiary/aromatic N) is 3. The maximum Gasteiger partial charge on any atom is 0.344 e. The molecule has 0 aliphatic rings. The molecule has 0 unspecified atom stereocenters. The maximum absolute atomic E-state index is 12.9. The van der Waals surface area contributed by atoms with Crippen LogP contribution in [0.1, 0.15) is 36.2 Å². The summed E-state index contributed by atoms with van der Waals surface area (Å²) >= 11 is 0. The summed E-state index contributed by atoms with van der Waals surface area (Å²) in [6, 6.07) is 15.2. The number of aryl methyl sites for hydroxylation is 1. The van der Waals surface area contributed by atoms with Crippen molar-refractivity contribution in [2.45, 2.75) is 27.2 Å². The van der Waals surface area contributed by atoms with E-state index in [0.717, 1.165) is 11.3 Å². The van der Waals surface area contributed by atoms with Gasteiger partial charge in [0.2, 0.25) is 5.91 Å². The lowest BCUT2D eigenvalue weighted by Gasteiger charge is -2.12. The van der Waals surface area contributed by atoms with Crippen LogP contribution >= 0.6 is 0 Å². The number of carbonyl (C=O) groups is 2. The van der Waals surface area contributed by atoms with Gasteiger partial charge < -0.3 is 10.1 Å². The molecule has 0 aliphatic carbocycles. The van der Waals surface area contributed by atoms with E-state index in [9.17, 15) is 9.59 Å². The van der Waals surface area contributed by atoms with Gasteiger partial charge in [-0.2, -0.15) is 0 Å².